The molecule has 0 aliphatic carbocycles. The van der Waals surface area contributed by atoms with Crippen LogP contribution in [0.15, 0.2) is 52.0 Å². The largest absolute Gasteiger partial charge is 0.469 e. The van der Waals surface area contributed by atoms with Gasteiger partial charge in [-0.15, -0.1) is 0 Å². The van der Waals surface area contributed by atoms with Crippen LogP contribution >= 0.6 is 0 Å². The van der Waals surface area contributed by atoms with Gasteiger partial charge < -0.3 is 15.1 Å². The van der Waals surface area contributed by atoms with Gasteiger partial charge in [0, 0.05) is 32.1 Å². The van der Waals surface area contributed by atoms with E-state index in [0.29, 0.717) is 18.5 Å². The summed E-state index contributed by atoms with van der Waals surface area (Å²) in [4.78, 5) is 23.3. The summed E-state index contributed by atoms with van der Waals surface area (Å²) in [6.07, 6.45) is 2.96. The summed E-state index contributed by atoms with van der Waals surface area (Å²) in [5, 5.41) is 5.36. The van der Waals surface area contributed by atoms with E-state index >= 15 is 0 Å². The molecule has 0 saturated heterocycles. The first-order valence-corrected chi connectivity index (χ1v) is 10.3. The van der Waals surface area contributed by atoms with Crippen molar-refractivity contribution in [3.63, 3.8) is 0 Å². The van der Waals surface area contributed by atoms with Crippen LogP contribution in [0.3, 0.4) is 0 Å². The number of nitrogens with zero attached hydrogens (tertiary/aromatic N) is 1. The Morgan fingerprint density at radius 3 is 2.43 bits per heavy atom. The van der Waals surface area contributed by atoms with E-state index in [9.17, 15) is 18.0 Å². The number of carbonyl (C=O) groups is 2. The molecule has 0 radical (unpaired) electrons. The molecule has 2 aromatic rings. The van der Waals surface area contributed by atoms with E-state index in [-0.39, 0.29) is 29.3 Å². The second kappa shape index (κ2) is 9.52. The number of anilines is 1. The van der Waals surface area contributed by atoms with Gasteiger partial charge >= 0.3 is 0 Å². The Bertz CT molecular complexity index is 892. The third-order valence-corrected chi connectivity index (χ3v) is 5.88. The first kappa shape index (κ1) is 21.6. The predicted molar refractivity (Wildman–Crippen MR) is 105 cm³/mol. The van der Waals surface area contributed by atoms with Gasteiger partial charge in [0.25, 0.3) is 0 Å². The number of benzene rings is 1. The molecule has 1 aromatic heterocycles. The van der Waals surface area contributed by atoms with Crippen LogP contribution in [-0.2, 0) is 26.0 Å². The van der Waals surface area contributed by atoms with Crippen LogP contribution in [0.4, 0.5) is 5.69 Å². The fourth-order valence-corrected chi connectivity index (χ4v) is 3.71. The van der Waals surface area contributed by atoms with Gasteiger partial charge in [-0.3, -0.25) is 9.59 Å². The summed E-state index contributed by atoms with van der Waals surface area (Å²) in [6.45, 7) is 2.93. The third-order valence-electron chi connectivity index (χ3n) is 4.06. The zero-order chi connectivity index (χ0) is 20.7. The molecule has 0 aliphatic heterocycles. The number of nitrogens with one attached hydrogen (secondary N) is 2. The number of amides is 2. The lowest BCUT2D eigenvalue weighted by molar-refractivity contribution is -0.121. The molecule has 0 bridgehead atoms. The second-order valence-corrected chi connectivity index (χ2v) is 8.60. The zero-order valence-electron chi connectivity index (χ0n) is 16.1. The van der Waals surface area contributed by atoms with Crippen molar-refractivity contribution in [1.29, 1.82) is 0 Å². The Balaban J connectivity index is 1.89. The van der Waals surface area contributed by atoms with E-state index in [1.165, 1.54) is 38.2 Å². The molecule has 8 nitrogen and oxygen atoms in total. The van der Waals surface area contributed by atoms with Gasteiger partial charge in [0.2, 0.25) is 21.8 Å². The molecule has 2 amide bonds. The van der Waals surface area contributed by atoms with E-state index in [1.807, 2.05) is 13.0 Å². The number of rotatable bonds is 9. The number of carbonyl (C=O) groups excluding carboxylic acids is 2. The maximum absolute atomic E-state index is 12.6. The Morgan fingerprint density at radius 1 is 1.18 bits per heavy atom. The molecule has 0 unspecified atom stereocenters. The number of sulfonamides is 1. The Kier molecular flexibility index (Phi) is 7.36. The third kappa shape index (κ3) is 6.21. The van der Waals surface area contributed by atoms with Crippen molar-refractivity contribution in [3.05, 3.63) is 48.4 Å². The van der Waals surface area contributed by atoms with Crippen LogP contribution in [0, 0.1) is 0 Å². The topological polar surface area (TPSA) is 109 Å². The highest BCUT2D eigenvalue weighted by Crippen LogP contribution is 2.17. The molecule has 28 heavy (non-hydrogen) atoms. The van der Waals surface area contributed by atoms with Gasteiger partial charge in [-0.05, 0) is 49.7 Å². The van der Waals surface area contributed by atoms with Crippen LogP contribution in [0.1, 0.15) is 26.0 Å². The summed E-state index contributed by atoms with van der Waals surface area (Å²) in [7, 11) is -2.47. The van der Waals surface area contributed by atoms with Crippen molar-refractivity contribution in [2.24, 2.45) is 0 Å². The summed E-state index contributed by atoms with van der Waals surface area (Å²) in [5.41, 5.74) is 0.497. The van der Waals surface area contributed by atoms with Gasteiger partial charge in [0.05, 0.1) is 17.7 Å². The monoisotopic (exact) mass is 407 g/mol. The molecule has 1 heterocycles. The molecule has 1 atom stereocenters. The van der Waals surface area contributed by atoms with E-state index in [4.69, 9.17) is 4.42 Å². The summed E-state index contributed by atoms with van der Waals surface area (Å²) >= 11 is 0. The second-order valence-electron chi connectivity index (χ2n) is 6.55. The average Bonchev–Trinajstić information content (AvgIpc) is 3.13. The fourth-order valence-electron chi connectivity index (χ4n) is 2.59. The van der Waals surface area contributed by atoms with Crippen LogP contribution < -0.4 is 10.6 Å². The van der Waals surface area contributed by atoms with Gasteiger partial charge in [-0.25, -0.2) is 8.42 Å². The average molecular weight is 407 g/mol. The van der Waals surface area contributed by atoms with Crippen molar-refractivity contribution < 1.29 is 22.4 Å². The number of aryl methyl sites for hydroxylation is 1. The molecule has 0 fully saturated rings. The highest BCUT2D eigenvalue weighted by molar-refractivity contribution is 7.89. The van der Waals surface area contributed by atoms with Crippen LogP contribution in [0.5, 0.6) is 0 Å². The lowest BCUT2D eigenvalue weighted by Gasteiger charge is -2.19. The Morgan fingerprint density at radius 2 is 1.86 bits per heavy atom. The zero-order valence-corrected chi connectivity index (χ0v) is 17.0. The molecule has 152 valence electrons. The van der Waals surface area contributed by atoms with E-state index in [0.717, 1.165) is 10.1 Å². The van der Waals surface area contributed by atoms with E-state index < -0.39 is 10.0 Å². The minimum atomic E-state index is -3.82. The molecular formula is C19H25N3O5S. The van der Waals surface area contributed by atoms with Gasteiger partial charge in [0.15, 0.2) is 0 Å². The lowest BCUT2D eigenvalue weighted by Crippen LogP contribution is -2.41. The number of hydrogen-bond donors (Lipinski definition) is 2. The highest BCUT2D eigenvalue weighted by Gasteiger charge is 2.23. The van der Waals surface area contributed by atoms with Gasteiger partial charge in [-0.1, -0.05) is 0 Å². The van der Waals surface area contributed by atoms with Crippen LogP contribution in [0.25, 0.3) is 0 Å². The maximum atomic E-state index is 12.6. The molecule has 9 heteroatoms. The summed E-state index contributed by atoms with van der Waals surface area (Å²) < 4.78 is 31.5. The number of hydrogen-bond acceptors (Lipinski definition) is 5. The van der Waals surface area contributed by atoms with Gasteiger partial charge in [0.1, 0.15) is 5.76 Å². The highest BCUT2D eigenvalue weighted by atomic mass is 32.2. The normalized spacial score (nSPS) is 12.6. The minimum Gasteiger partial charge on any atom is -0.469 e. The Hall–Kier alpha value is -2.65. The van der Waals surface area contributed by atoms with Crippen molar-refractivity contribution in [1.82, 2.24) is 9.62 Å². The number of likely N-dealkylation sites (N-methyl/N-ethyl adjacent to an activating group) is 1. The van der Waals surface area contributed by atoms with Crippen molar-refractivity contribution in [3.8, 4) is 0 Å². The summed E-state index contributed by atoms with van der Waals surface area (Å²) in [5.74, 6) is 0.210. The number of furan rings is 1. The summed E-state index contributed by atoms with van der Waals surface area (Å²) in [6, 6.07) is 9.33. The SMILES string of the molecule is CC(=O)Nc1ccc(S(=O)(=O)N(C)CC(=O)N[C@@H](C)CCc2ccco2)cc1. The molecule has 2 N–H and O–H groups in total. The molecule has 0 spiro atoms. The van der Waals surface area contributed by atoms with E-state index in [1.54, 1.807) is 12.3 Å². The van der Waals surface area contributed by atoms with Crippen molar-refractivity contribution in [2.75, 3.05) is 18.9 Å². The quantitative estimate of drug-likeness (QED) is 0.661. The molecule has 1 aromatic carbocycles. The first-order chi connectivity index (χ1) is 13.2. The smallest absolute Gasteiger partial charge is 0.243 e. The molecular weight excluding hydrogens is 382 g/mol. The Labute approximate surface area is 165 Å². The predicted octanol–water partition coefficient (Wildman–Crippen LogP) is 2.00. The molecule has 0 aliphatic rings. The van der Waals surface area contributed by atoms with Crippen LogP contribution in [0.2, 0.25) is 0 Å². The van der Waals surface area contributed by atoms with Crippen LogP contribution in [-0.4, -0.2) is 44.2 Å². The van der Waals surface area contributed by atoms with E-state index in [2.05, 4.69) is 10.6 Å². The van der Waals surface area contributed by atoms with Gasteiger partial charge in [-0.2, -0.15) is 4.31 Å². The molecule has 2 rings (SSSR count). The van der Waals surface area contributed by atoms with Crippen molar-refractivity contribution >= 4 is 27.5 Å². The lowest BCUT2D eigenvalue weighted by atomic mass is 10.1. The van der Waals surface area contributed by atoms with Crippen molar-refractivity contribution in [2.45, 2.75) is 37.6 Å². The molecule has 0 saturated carbocycles. The fraction of sp³-hybridized carbons (Fsp3) is 0.368. The standard InChI is InChI=1S/C19H25N3O5S/c1-14(6-9-17-5-4-12-27-17)20-19(24)13-22(3)28(25,26)18-10-7-16(8-11-18)21-15(2)23/h4-5,7-8,10-12,14H,6,9,13H2,1-3H3,(H,20,24)(H,21,23)/t14-/m0/s1. The first-order valence-electron chi connectivity index (χ1n) is 8.84. The maximum Gasteiger partial charge on any atom is 0.243 e. The minimum absolute atomic E-state index is 0.0442.